The van der Waals surface area contributed by atoms with Crippen LogP contribution in [0.4, 0.5) is 10.1 Å². The number of rotatable bonds is 3. The van der Waals surface area contributed by atoms with Crippen LogP contribution < -0.4 is 10.2 Å². The molecule has 2 aliphatic rings. The molecule has 0 saturated carbocycles. The SMILES string of the molecule is Cc1cc(F)ccc1N1CCC[C@H](N[C@H]2CCSC2)C1=O. The van der Waals surface area contributed by atoms with Crippen LogP contribution in [0.1, 0.15) is 24.8 Å². The zero-order valence-electron chi connectivity index (χ0n) is 12.3. The topological polar surface area (TPSA) is 32.3 Å². The highest BCUT2D eigenvalue weighted by atomic mass is 32.2. The summed E-state index contributed by atoms with van der Waals surface area (Å²) in [7, 11) is 0. The molecular weight excluding hydrogens is 287 g/mol. The van der Waals surface area contributed by atoms with E-state index in [1.165, 1.54) is 17.9 Å². The smallest absolute Gasteiger partial charge is 0.244 e. The molecule has 21 heavy (non-hydrogen) atoms. The Hall–Kier alpha value is -1.07. The van der Waals surface area contributed by atoms with Crippen molar-refractivity contribution in [3.63, 3.8) is 0 Å². The number of thioether (sulfide) groups is 1. The number of nitrogens with zero attached hydrogens (tertiary/aromatic N) is 1. The zero-order chi connectivity index (χ0) is 14.8. The van der Waals surface area contributed by atoms with Gasteiger partial charge < -0.3 is 10.2 Å². The predicted molar refractivity (Wildman–Crippen MR) is 85.4 cm³/mol. The minimum Gasteiger partial charge on any atom is -0.311 e. The minimum atomic E-state index is -0.252. The van der Waals surface area contributed by atoms with E-state index in [-0.39, 0.29) is 17.8 Å². The molecule has 2 heterocycles. The number of amides is 1. The van der Waals surface area contributed by atoms with Crippen LogP contribution in [0.2, 0.25) is 0 Å². The molecule has 1 aromatic rings. The summed E-state index contributed by atoms with van der Waals surface area (Å²) in [4.78, 5) is 14.5. The second kappa shape index (κ2) is 6.36. The van der Waals surface area contributed by atoms with Crippen molar-refractivity contribution in [1.82, 2.24) is 5.32 Å². The quantitative estimate of drug-likeness (QED) is 0.932. The summed E-state index contributed by atoms with van der Waals surface area (Å²) in [6.07, 6.45) is 3.03. The number of piperidine rings is 1. The molecule has 2 atom stereocenters. The number of carbonyl (C=O) groups excluding carboxylic acids is 1. The summed E-state index contributed by atoms with van der Waals surface area (Å²) in [5.41, 5.74) is 1.66. The van der Waals surface area contributed by atoms with Gasteiger partial charge in [-0.3, -0.25) is 4.79 Å². The fourth-order valence-electron chi connectivity index (χ4n) is 3.14. The largest absolute Gasteiger partial charge is 0.311 e. The zero-order valence-corrected chi connectivity index (χ0v) is 13.1. The van der Waals surface area contributed by atoms with Crippen molar-refractivity contribution < 1.29 is 9.18 Å². The van der Waals surface area contributed by atoms with Crippen molar-refractivity contribution in [2.45, 2.75) is 38.3 Å². The van der Waals surface area contributed by atoms with Crippen LogP contribution in [0.15, 0.2) is 18.2 Å². The number of halogens is 1. The van der Waals surface area contributed by atoms with Crippen molar-refractivity contribution >= 4 is 23.4 Å². The van der Waals surface area contributed by atoms with Crippen molar-refractivity contribution in [2.24, 2.45) is 0 Å². The first kappa shape index (κ1) is 14.9. The van der Waals surface area contributed by atoms with Gasteiger partial charge in [0.1, 0.15) is 5.82 Å². The van der Waals surface area contributed by atoms with Crippen LogP contribution in [0.25, 0.3) is 0 Å². The molecule has 0 aliphatic carbocycles. The molecular formula is C16H21FN2OS. The third-order valence-corrected chi connectivity index (χ3v) is 5.42. The Morgan fingerprint density at radius 1 is 1.38 bits per heavy atom. The molecule has 0 radical (unpaired) electrons. The van der Waals surface area contributed by atoms with E-state index in [2.05, 4.69) is 5.32 Å². The fraction of sp³-hybridized carbons (Fsp3) is 0.562. The van der Waals surface area contributed by atoms with Gasteiger partial charge in [-0.05, 0) is 55.7 Å². The molecule has 2 aliphatic heterocycles. The Bertz CT molecular complexity index is 531. The van der Waals surface area contributed by atoms with E-state index in [0.29, 0.717) is 6.04 Å². The molecule has 1 amide bonds. The molecule has 2 fully saturated rings. The Labute approximate surface area is 129 Å². The number of hydrogen-bond acceptors (Lipinski definition) is 3. The molecule has 1 N–H and O–H groups in total. The van der Waals surface area contributed by atoms with Crippen molar-refractivity contribution in [1.29, 1.82) is 0 Å². The van der Waals surface area contributed by atoms with Gasteiger partial charge in [-0.1, -0.05) is 0 Å². The van der Waals surface area contributed by atoms with Crippen LogP contribution in [0.5, 0.6) is 0 Å². The normalized spacial score (nSPS) is 26.4. The number of benzene rings is 1. The second-order valence-electron chi connectivity index (χ2n) is 5.84. The van der Waals surface area contributed by atoms with E-state index in [9.17, 15) is 9.18 Å². The van der Waals surface area contributed by atoms with Gasteiger partial charge in [0.2, 0.25) is 5.91 Å². The van der Waals surface area contributed by atoms with Gasteiger partial charge >= 0.3 is 0 Å². The van der Waals surface area contributed by atoms with Gasteiger partial charge in [-0.15, -0.1) is 0 Å². The molecule has 3 rings (SSSR count). The van der Waals surface area contributed by atoms with E-state index in [1.807, 2.05) is 23.6 Å². The lowest BCUT2D eigenvalue weighted by Crippen LogP contribution is -2.53. The molecule has 3 nitrogen and oxygen atoms in total. The van der Waals surface area contributed by atoms with Gasteiger partial charge in [-0.25, -0.2) is 4.39 Å². The lowest BCUT2D eigenvalue weighted by atomic mass is 10.0. The fourth-order valence-corrected chi connectivity index (χ4v) is 4.31. The predicted octanol–water partition coefficient (Wildman–Crippen LogP) is 2.72. The standard InChI is InChI=1S/C16H21FN2OS/c1-11-9-12(17)4-5-15(11)19-7-2-3-14(16(19)20)18-13-6-8-21-10-13/h4-5,9,13-14,18H,2-3,6-8,10H2,1H3/t13-,14-/m0/s1. The first-order valence-corrected chi connectivity index (χ1v) is 8.72. The summed E-state index contributed by atoms with van der Waals surface area (Å²) < 4.78 is 13.2. The molecule has 1 aromatic carbocycles. The van der Waals surface area contributed by atoms with Gasteiger partial charge in [0.15, 0.2) is 0 Å². The number of anilines is 1. The van der Waals surface area contributed by atoms with E-state index in [0.717, 1.165) is 42.8 Å². The Balaban J connectivity index is 1.74. The monoisotopic (exact) mass is 308 g/mol. The van der Waals surface area contributed by atoms with E-state index in [1.54, 1.807) is 6.07 Å². The Morgan fingerprint density at radius 3 is 2.95 bits per heavy atom. The second-order valence-corrected chi connectivity index (χ2v) is 6.99. The van der Waals surface area contributed by atoms with E-state index >= 15 is 0 Å². The van der Waals surface area contributed by atoms with Crippen LogP contribution in [0, 0.1) is 12.7 Å². The molecule has 5 heteroatoms. The first-order valence-electron chi connectivity index (χ1n) is 7.56. The maximum Gasteiger partial charge on any atom is 0.244 e. The number of nitrogens with one attached hydrogen (secondary N) is 1. The average Bonchev–Trinajstić information content (AvgIpc) is 2.95. The molecule has 0 aromatic heterocycles. The van der Waals surface area contributed by atoms with Gasteiger partial charge in [0.05, 0.1) is 6.04 Å². The van der Waals surface area contributed by atoms with Crippen LogP contribution in [0.3, 0.4) is 0 Å². The van der Waals surface area contributed by atoms with E-state index in [4.69, 9.17) is 0 Å². The van der Waals surface area contributed by atoms with Crippen LogP contribution >= 0.6 is 11.8 Å². The van der Waals surface area contributed by atoms with Gasteiger partial charge in [0, 0.05) is 24.0 Å². The molecule has 114 valence electrons. The maximum absolute atomic E-state index is 13.2. The number of carbonyl (C=O) groups is 1. The highest BCUT2D eigenvalue weighted by Crippen LogP contribution is 2.26. The summed E-state index contributed by atoms with van der Waals surface area (Å²) in [6, 6.07) is 5.01. The van der Waals surface area contributed by atoms with Crippen molar-refractivity contribution in [3.05, 3.63) is 29.6 Å². The average molecular weight is 308 g/mol. The Morgan fingerprint density at radius 2 is 2.24 bits per heavy atom. The van der Waals surface area contributed by atoms with Crippen LogP contribution in [-0.4, -0.2) is 36.0 Å². The van der Waals surface area contributed by atoms with Crippen molar-refractivity contribution in [3.8, 4) is 0 Å². The number of hydrogen-bond donors (Lipinski definition) is 1. The highest BCUT2D eigenvalue weighted by molar-refractivity contribution is 7.99. The minimum absolute atomic E-state index is 0.0908. The summed E-state index contributed by atoms with van der Waals surface area (Å²) in [5, 5.41) is 3.51. The van der Waals surface area contributed by atoms with Gasteiger partial charge in [-0.2, -0.15) is 11.8 Å². The van der Waals surface area contributed by atoms with Gasteiger partial charge in [0.25, 0.3) is 0 Å². The number of aryl methyl sites for hydroxylation is 1. The summed E-state index contributed by atoms with van der Waals surface area (Å²) in [5.74, 6) is 2.16. The lowest BCUT2D eigenvalue weighted by Gasteiger charge is -2.34. The highest BCUT2D eigenvalue weighted by Gasteiger charge is 2.32. The maximum atomic E-state index is 13.2. The third-order valence-electron chi connectivity index (χ3n) is 4.25. The summed E-state index contributed by atoms with van der Waals surface area (Å²) >= 11 is 1.94. The third kappa shape index (κ3) is 3.24. The molecule has 2 saturated heterocycles. The van der Waals surface area contributed by atoms with Crippen LogP contribution in [-0.2, 0) is 4.79 Å². The molecule has 0 unspecified atom stereocenters. The first-order chi connectivity index (χ1) is 10.1. The Kier molecular flexibility index (Phi) is 4.50. The van der Waals surface area contributed by atoms with E-state index < -0.39 is 0 Å². The lowest BCUT2D eigenvalue weighted by molar-refractivity contribution is -0.122. The molecule has 0 spiro atoms. The molecule has 0 bridgehead atoms. The van der Waals surface area contributed by atoms with Crippen molar-refractivity contribution in [2.75, 3.05) is 23.0 Å². The summed E-state index contributed by atoms with van der Waals surface area (Å²) in [6.45, 7) is 2.58.